The van der Waals surface area contributed by atoms with Crippen molar-refractivity contribution in [1.29, 1.82) is 0 Å². The smallest absolute Gasteiger partial charge is 0.132 e. The van der Waals surface area contributed by atoms with E-state index in [2.05, 4.69) is 42.5 Å². The summed E-state index contributed by atoms with van der Waals surface area (Å²) in [4.78, 5) is 0. The maximum Gasteiger partial charge on any atom is 0.132 e. The molecule has 0 radical (unpaired) electrons. The molecule has 0 bridgehead atoms. The summed E-state index contributed by atoms with van der Waals surface area (Å²) in [7, 11) is 0. The molecule has 2 aromatic carbocycles. The first-order valence-electron chi connectivity index (χ1n) is 8.97. The van der Waals surface area contributed by atoms with Crippen LogP contribution in [0.4, 0.5) is 0 Å². The van der Waals surface area contributed by atoms with Crippen molar-refractivity contribution in [3.8, 4) is 11.5 Å². The highest BCUT2D eigenvalue weighted by atomic mass is 127. The normalized spacial score (nSPS) is 13.8. The molecule has 2 unspecified atom stereocenters. The number of benzene rings is 2. The van der Waals surface area contributed by atoms with E-state index in [-0.39, 0.29) is 31.1 Å². The van der Waals surface area contributed by atoms with Gasteiger partial charge in [-0.25, -0.2) is 0 Å². The number of ether oxygens (including phenoxy) is 2. The lowest BCUT2D eigenvalue weighted by Gasteiger charge is -2.27. The molecule has 2 rings (SSSR count). The summed E-state index contributed by atoms with van der Waals surface area (Å²) in [5, 5.41) is 27.8. The van der Waals surface area contributed by atoms with Crippen LogP contribution in [0.1, 0.15) is 25.0 Å². The molecule has 0 fully saturated rings. The summed E-state index contributed by atoms with van der Waals surface area (Å²) in [6, 6.07) is 13.7. The van der Waals surface area contributed by atoms with E-state index < -0.39 is 12.2 Å². The van der Waals surface area contributed by atoms with Crippen LogP contribution in [-0.2, 0) is 5.41 Å². The molecular weight excluding hydrogens is 495 g/mol. The van der Waals surface area contributed by atoms with Gasteiger partial charge in [0, 0.05) is 5.41 Å². The number of hydrogen-bond donors (Lipinski definition) is 3. The van der Waals surface area contributed by atoms with E-state index in [4.69, 9.17) is 26.2 Å². The molecule has 0 amide bonds. The third kappa shape index (κ3) is 6.22. The van der Waals surface area contributed by atoms with Crippen molar-refractivity contribution in [3.05, 3.63) is 57.2 Å². The van der Waals surface area contributed by atoms with Crippen molar-refractivity contribution in [2.45, 2.75) is 31.5 Å². The molecule has 0 aromatic heterocycles. The Morgan fingerprint density at radius 2 is 1.57 bits per heavy atom. The molecular formula is C21H26ClIO5. The second-order valence-electron chi connectivity index (χ2n) is 7.06. The highest BCUT2D eigenvalue weighted by Crippen LogP contribution is 2.35. The van der Waals surface area contributed by atoms with Crippen molar-refractivity contribution in [3.63, 3.8) is 0 Å². The number of aliphatic hydroxyl groups is 3. The van der Waals surface area contributed by atoms with Gasteiger partial charge >= 0.3 is 0 Å². The van der Waals surface area contributed by atoms with Gasteiger partial charge in [-0.2, -0.15) is 0 Å². The average molecular weight is 521 g/mol. The van der Waals surface area contributed by atoms with E-state index in [1.54, 1.807) is 0 Å². The van der Waals surface area contributed by atoms with Crippen LogP contribution in [-0.4, -0.2) is 53.2 Å². The first-order chi connectivity index (χ1) is 13.3. The number of aliphatic hydroxyl groups excluding tert-OH is 3. The van der Waals surface area contributed by atoms with Crippen molar-refractivity contribution < 1.29 is 24.8 Å². The zero-order valence-corrected chi connectivity index (χ0v) is 18.9. The number of alkyl halides is 1. The van der Waals surface area contributed by atoms with Crippen LogP contribution in [0.5, 0.6) is 11.5 Å². The number of hydrogen-bond acceptors (Lipinski definition) is 5. The molecule has 7 heteroatoms. The summed E-state index contributed by atoms with van der Waals surface area (Å²) in [6.07, 6.45) is -1.57. The summed E-state index contributed by atoms with van der Waals surface area (Å²) >= 11 is 7.83. The van der Waals surface area contributed by atoms with Gasteiger partial charge in [0.2, 0.25) is 0 Å². The maximum absolute atomic E-state index is 9.55. The topological polar surface area (TPSA) is 79.2 Å². The van der Waals surface area contributed by atoms with Gasteiger partial charge in [0.1, 0.15) is 36.9 Å². The van der Waals surface area contributed by atoms with Gasteiger partial charge in [-0.15, -0.1) is 11.6 Å². The Labute approximate surface area is 184 Å². The van der Waals surface area contributed by atoms with Gasteiger partial charge in [0.05, 0.1) is 16.1 Å². The van der Waals surface area contributed by atoms with Crippen LogP contribution in [0.25, 0.3) is 0 Å². The summed E-state index contributed by atoms with van der Waals surface area (Å²) < 4.78 is 12.1. The van der Waals surface area contributed by atoms with Gasteiger partial charge in [0.15, 0.2) is 0 Å². The molecule has 0 aliphatic heterocycles. The lowest BCUT2D eigenvalue weighted by atomic mass is 9.78. The van der Waals surface area contributed by atoms with Crippen LogP contribution in [0.15, 0.2) is 42.5 Å². The molecule has 3 N–H and O–H groups in total. The number of halogens is 2. The van der Waals surface area contributed by atoms with E-state index in [1.807, 2.05) is 36.4 Å². The maximum atomic E-state index is 9.55. The van der Waals surface area contributed by atoms with Gasteiger partial charge in [0.25, 0.3) is 0 Å². The van der Waals surface area contributed by atoms with Crippen molar-refractivity contribution >= 4 is 34.2 Å². The monoisotopic (exact) mass is 520 g/mol. The molecule has 0 aliphatic rings. The second-order valence-corrected chi connectivity index (χ2v) is 8.53. The Hall–Kier alpha value is -1.06. The van der Waals surface area contributed by atoms with E-state index in [0.717, 1.165) is 20.4 Å². The van der Waals surface area contributed by atoms with Crippen LogP contribution in [0.2, 0.25) is 0 Å². The Morgan fingerprint density at radius 1 is 0.964 bits per heavy atom. The Kier molecular flexibility index (Phi) is 8.82. The molecule has 2 atom stereocenters. The zero-order valence-electron chi connectivity index (χ0n) is 15.9. The largest absolute Gasteiger partial charge is 0.491 e. The van der Waals surface area contributed by atoms with Gasteiger partial charge in [-0.3, -0.25) is 0 Å². The standard InChI is InChI=1S/C21H26ClIO5/c1-21(2,14-3-6-18(7-4-14)27-13-17(26)11-24)15-5-8-20(19(23)9-15)28-12-16(25)10-22/h3-9,16-17,24-26H,10-13H2,1-2H3. The van der Waals surface area contributed by atoms with Gasteiger partial charge in [-0.1, -0.05) is 32.0 Å². The van der Waals surface area contributed by atoms with Gasteiger partial charge < -0.3 is 24.8 Å². The summed E-state index contributed by atoms with van der Waals surface area (Å²) in [5.74, 6) is 1.50. The van der Waals surface area contributed by atoms with Crippen molar-refractivity contribution in [2.24, 2.45) is 0 Å². The Bertz CT molecular complexity index is 751. The molecule has 0 heterocycles. The molecule has 0 saturated heterocycles. The zero-order chi connectivity index (χ0) is 20.7. The molecule has 154 valence electrons. The Balaban J connectivity index is 2.11. The fraction of sp³-hybridized carbons (Fsp3) is 0.429. The first kappa shape index (κ1) is 23.2. The SMILES string of the molecule is CC(C)(c1ccc(OCC(O)CO)cc1)c1ccc(OCC(O)CCl)c(I)c1. The Morgan fingerprint density at radius 3 is 2.14 bits per heavy atom. The quantitative estimate of drug-likeness (QED) is 0.331. The van der Waals surface area contributed by atoms with E-state index >= 15 is 0 Å². The molecule has 0 spiro atoms. The number of rotatable bonds is 10. The lowest BCUT2D eigenvalue weighted by Crippen LogP contribution is -2.22. The van der Waals surface area contributed by atoms with Crippen LogP contribution in [0, 0.1) is 3.57 Å². The minimum Gasteiger partial charge on any atom is -0.491 e. The minimum absolute atomic E-state index is 0.0529. The summed E-state index contributed by atoms with van der Waals surface area (Å²) in [6.45, 7) is 4.17. The average Bonchev–Trinajstić information content (AvgIpc) is 2.70. The van der Waals surface area contributed by atoms with Crippen molar-refractivity contribution in [2.75, 3.05) is 25.7 Å². The summed E-state index contributed by atoms with van der Waals surface area (Å²) in [5.41, 5.74) is 2.01. The third-order valence-electron chi connectivity index (χ3n) is 4.49. The fourth-order valence-electron chi connectivity index (χ4n) is 2.62. The molecule has 0 aliphatic carbocycles. The van der Waals surface area contributed by atoms with Crippen molar-refractivity contribution in [1.82, 2.24) is 0 Å². The minimum atomic E-state index is -0.885. The lowest BCUT2D eigenvalue weighted by molar-refractivity contribution is 0.0536. The first-order valence-corrected chi connectivity index (χ1v) is 10.6. The molecule has 2 aromatic rings. The van der Waals surface area contributed by atoms with Gasteiger partial charge in [-0.05, 0) is 58.0 Å². The highest BCUT2D eigenvalue weighted by Gasteiger charge is 2.24. The molecule has 5 nitrogen and oxygen atoms in total. The predicted octanol–water partition coefficient (Wildman–Crippen LogP) is 3.33. The predicted molar refractivity (Wildman–Crippen MR) is 119 cm³/mol. The molecule has 28 heavy (non-hydrogen) atoms. The third-order valence-corrected chi connectivity index (χ3v) is 5.69. The fourth-order valence-corrected chi connectivity index (χ4v) is 3.38. The highest BCUT2D eigenvalue weighted by molar-refractivity contribution is 14.1. The van der Waals surface area contributed by atoms with Crippen LogP contribution in [0.3, 0.4) is 0 Å². The van der Waals surface area contributed by atoms with E-state index in [9.17, 15) is 10.2 Å². The van der Waals surface area contributed by atoms with E-state index in [0.29, 0.717) is 5.75 Å². The van der Waals surface area contributed by atoms with E-state index in [1.165, 1.54) is 0 Å². The molecule has 0 saturated carbocycles. The van der Waals surface area contributed by atoms with Crippen LogP contribution < -0.4 is 9.47 Å². The second kappa shape index (κ2) is 10.6. The van der Waals surface area contributed by atoms with Crippen LogP contribution >= 0.6 is 34.2 Å².